The average molecular weight is 352 g/mol. The summed E-state index contributed by atoms with van der Waals surface area (Å²) in [6.45, 7) is 0. The largest absolute Gasteiger partial charge is 0.479 e. The number of halogens is 2. The Bertz CT molecular complexity index is 676. The molecule has 0 spiro atoms. The van der Waals surface area contributed by atoms with Crippen molar-refractivity contribution in [2.24, 2.45) is 0 Å². The number of carbonyl (C=O) groups excluding carboxylic acids is 1. The van der Waals surface area contributed by atoms with Gasteiger partial charge < -0.3 is 10.4 Å². The predicted molar refractivity (Wildman–Crippen MR) is 78.4 cm³/mol. The zero-order chi connectivity index (χ0) is 15.4. The lowest BCUT2D eigenvalue weighted by Gasteiger charge is -2.15. The molecule has 2 aromatic carbocycles. The molecule has 0 unspecified atom stereocenters. The number of hydrogen-bond donors (Lipinski definition) is 2. The summed E-state index contributed by atoms with van der Waals surface area (Å²) in [5.41, 5.74) is 0.475. The van der Waals surface area contributed by atoms with E-state index in [4.69, 9.17) is 0 Å². The summed E-state index contributed by atoms with van der Waals surface area (Å²) in [6, 6.07) is 10.7. The van der Waals surface area contributed by atoms with E-state index in [9.17, 15) is 19.1 Å². The van der Waals surface area contributed by atoms with Crippen LogP contribution in [0.3, 0.4) is 0 Å². The molecule has 0 heterocycles. The molecular formula is C15H11BrFNO3. The fourth-order valence-electron chi connectivity index (χ4n) is 1.81. The fourth-order valence-corrected chi connectivity index (χ4v) is 2.24. The van der Waals surface area contributed by atoms with E-state index >= 15 is 0 Å². The topological polar surface area (TPSA) is 66.4 Å². The van der Waals surface area contributed by atoms with Gasteiger partial charge >= 0.3 is 5.97 Å². The molecule has 1 atom stereocenters. The number of aliphatic carboxylic acids is 1. The summed E-state index contributed by atoms with van der Waals surface area (Å²) in [4.78, 5) is 23.5. The first-order chi connectivity index (χ1) is 9.99. The Balaban J connectivity index is 2.27. The number of amides is 1. The molecule has 2 rings (SSSR count). The van der Waals surface area contributed by atoms with Crippen LogP contribution in [0.15, 0.2) is 53.0 Å². The first-order valence-electron chi connectivity index (χ1n) is 6.02. The van der Waals surface area contributed by atoms with Crippen molar-refractivity contribution in [2.75, 3.05) is 0 Å². The van der Waals surface area contributed by atoms with Crippen LogP contribution in [-0.4, -0.2) is 17.0 Å². The number of rotatable bonds is 4. The number of nitrogens with one attached hydrogen (secondary N) is 1. The van der Waals surface area contributed by atoms with Crippen molar-refractivity contribution in [3.05, 3.63) is 69.9 Å². The fraction of sp³-hybridized carbons (Fsp3) is 0.0667. The lowest BCUT2D eigenvalue weighted by atomic mass is 10.1. The molecule has 6 heteroatoms. The smallest absolute Gasteiger partial charge is 0.330 e. The van der Waals surface area contributed by atoms with Crippen LogP contribution in [0.5, 0.6) is 0 Å². The number of benzene rings is 2. The van der Waals surface area contributed by atoms with Gasteiger partial charge in [0.15, 0.2) is 6.04 Å². The van der Waals surface area contributed by atoms with Gasteiger partial charge in [0.2, 0.25) is 0 Å². The van der Waals surface area contributed by atoms with Crippen molar-refractivity contribution < 1.29 is 19.1 Å². The highest BCUT2D eigenvalue weighted by molar-refractivity contribution is 9.10. The van der Waals surface area contributed by atoms with Gasteiger partial charge in [0.25, 0.3) is 5.91 Å². The first-order valence-corrected chi connectivity index (χ1v) is 6.82. The zero-order valence-corrected chi connectivity index (χ0v) is 12.3. The van der Waals surface area contributed by atoms with Gasteiger partial charge in [-0.1, -0.05) is 30.3 Å². The Hall–Kier alpha value is -2.21. The number of carboxylic acids is 1. The molecular weight excluding hydrogens is 341 g/mol. The lowest BCUT2D eigenvalue weighted by molar-refractivity contribution is -0.139. The minimum atomic E-state index is -1.20. The Labute approximate surface area is 128 Å². The Morgan fingerprint density at radius 1 is 1.14 bits per heavy atom. The van der Waals surface area contributed by atoms with Crippen LogP contribution in [0.4, 0.5) is 4.39 Å². The summed E-state index contributed by atoms with van der Waals surface area (Å²) < 4.78 is 13.6. The van der Waals surface area contributed by atoms with Crippen LogP contribution < -0.4 is 5.32 Å². The molecule has 4 nitrogen and oxygen atoms in total. The van der Waals surface area contributed by atoms with Crippen LogP contribution in [0, 0.1) is 5.82 Å². The van der Waals surface area contributed by atoms with Crippen LogP contribution >= 0.6 is 15.9 Å². The molecule has 2 aromatic rings. The second-order valence-corrected chi connectivity index (χ2v) is 5.13. The van der Waals surface area contributed by atoms with E-state index in [0.717, 1.165) is 6.07 Å². The second kappa shape index (κ2) is 6.49. The van der Waals surface area contributed by atoms with E-state index in [-0.39, 0.29) is 5.56 Å². The van der Waals surface area contributed by atoms with E-state index in [2.05, 4.69) is 21.2 Å². The zero-order valence-electron chi connectivity index (χ0n) is 10.7. The number of carbonyl (C=O) groups is 2. The molecule has 0 aliphatic heterocycles. The average Bonchev–Trinajstić information content (AvgIpc) is 2.47. The van der Waals surface area contributed by atoms with E-state index in [1.165, 1.54) is 12.1 Å². The SMILES string of the molecule is O=C(N[C@H](C(=O)O)c1ccccc1)c1cc(F)ccc1Br. The molecule has 21 heavy (non-hydrogen) atoms. The molecule has 0 radical (unpaired) electrons. The summed E-state index contributed by atoms with van der Waals surface area (Å²) in [5.74, 6) is -2.44. The van der Waals surface area contributed by atoms with E-state index in [1.807, 2.05) is 0 Å². The number of hydrogen-bond acceptors (Lipinski definition) is 2. The van der Waals surface area contributed by atoms with Crippen LogP contribution in [0.25, 0.3) is 0 Å². The highest BCUT2D eigenvalue weighted by Gasteiger charge is 2.23. The molecule has 0 bridgehead atoms. The third-order valence-electron chi connectivity index (χ3n) is 2.83. The molecule has 0 aromatic heterocycles. The molecule has 0 saturated carbocycles. The standard InChI is InChI=1S/C15H11BrFNO3/c16-12-7-6-10(17)8-11(12)14(19)18-13(15(20)21)9-4-2-1-3-5-9/h1-8,13H,(H,18,19)(H,20,21)/t13-/m0/s1. The van der Waals surface area contributed by atoms with Gasteiger partial charge in [0.1, 0.15) is 5.82 Å². The predicted octanol–water partition coefficient (Wildman–Crippen LogP) is 3.14. The minimum absolute atomic E-state index is 0.0391. The highest BCUT2D eigenvalue weighted by atomic mass is 79.9. The third-order valence-corrected chi connectivity index (χ3v) is 3.52. The lowest BCUT2D eigenvalue weighted by Crippen LogP contribution is -2.34. The maximum Gasteiger partial charge on any atom is 0.330 e. The minimum Gasteiger partial charge on any atom is -0.479 e. The van der Waals surface area contributed by atoms with Crippen molar-refractivity contribution in [1.82, 2.24) is 5.32 Å². The van der Waals surface area contributed by atoms with Gasteiger partial charge in [0, 0.05) is 4.47 Å². The molecule has 0 fully saturated rings. The van der Waals surface area contributed by atoms with Gasteiger partial charge in [-0.2, -0.15) is 0 Å². The van der Waals surface area contributed by atoms with Crippen molar-refractivity contribution in [1.29, 1.82) is 0 Å². The number of carboxylic acid groups (broad SMARTS) is 1. The summed E-state index contributed by atoms with van der Waals surface area (Å²) in [5, 5.41) is 11.6. The van der Waals surface area contributed by atoms with Crippen molar-refractivity contribution in [3.8, 4) is 0 Å². The summed E-state index contributed by atoms with van der Waals surface area (Å²) >= 11 is 3.14. The summed E-state index contributed by atoms with van der Waals surface area (Å²) in [6.07, 6.45) is 0. The molecule has 0 aliphatic carbocycles. The maximum absolute atomic E-state index is 13.2. The van der Waals surface area contributed by atoms with E-state index in [0.29, 0.717) is 10.0 Å². The van der Waals surface area contributed by atoms with Gasteiger partial charge in [-0.15, -0.1) is 0 Å². The molecule has 0 saturated heterocycles. The van der Waals surface area contributed by atoms with Crippen LogP contribution in [0.1, 0.15) is 22.0 Å². The van der Waals surface area contributed by atoms with Gasteiger partial charge in [-0.05, 0) is 39.7 Å². The molecule has 0 aliphatic rings. The Morgan fingerprint density at radius 3 is 2.43 bits per heavy atom. The molecule has 1 amide bonds. The van der Waals surface area contributed by atoms with E-state index in [1.54, 1.807) is 30.3 Å². The van der Waals surface area contributed by atoms with Crippen LogP contribution in [0.2, 0.25) is 0 Å². The van der Waals surface area contributed by atoms with Crippen LogP contribution in [-0.2, 0) is 4.79 Å². The molecule has 108 valence electrons. The Kier molecular flexibility index (Phi) is 4.70. The van der Waals surface area contributed by atoms with Crippen molar-refractivity contribution in [3.63, 3.8) is 0 Å². The van der Waals surface area contributed by atoms with Crippen molar-refractivity contribution in [2.45, 2.75) is 6.04 Å². The van der Waals surface area contributed by atoms with Gasteiger partial charge in [-0.25, -0.2) is 9.18 Å². The summed E-state index contributed by atoms with van der Waals surface area (Å²) in [7, 11) is 0. The third kappa shape index (κ3) is 3.66. The van der Waals surface area contributed by atoms with Gasteiger partial charge in [-0.3, -0.25) is 4.79 Å². The Morgan fingerprint density at radius 2 is 1.81 bits per heavy atom. The van der Waals surface area contributed by atoms with E-state index < -0.39 is 23.7 Å². The quantitative estimate of drug-likeness (QED) is 0.889. The second-order valence-electron chi connectivity index (χ2n) is 4.28. The maximum atomic E-state index is 13.2. The first kappa shape index (κ1) is 15.2. The normalized spacial score (nSPS) is 11.7. The monoisotopic (exact) mass is 351 g/mol. The molecule has 2 N–H and O–H groups in total. The highest BCUT2D eigenvalue weighted by Crippen LogP contribution is 2.20. The van der Waals surface area contributed by atoms with Gasteiger partial charge in [0.05, 0.1) is 5.56 Å². The van der Waals surface area contributed by atoms with Crippen molar-refractivity contribution >= 4 is 27.8 Å².